The van der Waals surface area contributed by atoms with Crippen molar-refractivity contribution >= 4 is 18.5 Å². The second-order valence-corrected chi connectivity index (χ2v) is 3.23. The Hall–Kier alpha value is -0.480. The number of hydrogen-bond donors (Lipinski definition) is 2. The molecule has 0 aromatic heterocycles. The summed E-state index contributed by atoms with van der Waals surface area (Å²) in [6, 6.07) is 0.536. The van der Waals surface area contributed by atoms with E-state index in [1.54, 1.807) is 0 Å². The van der Waals surface area contributed by atoms with Crippen LogP contribution in [-0.2, 0) is 4.74 Å². The van der Waals surface area contributed by atoms with Crippen LogP contribution in [0.4, 0.5) is 4.79 Å². The monoisotopic (exact) mass is 224 g/mol. The van der Waals surface area contributed by atoms with Crippen LogP contribution in [0.5, 0.6) is 0 Å². The standard InChI is InChI=1S/C9H20N2O2.ClH/c1-8(2)10-6-4-5-7-11-9(12)13-3;/h8,10H,4-7H2,1-3H3,(H,11,12);1H. The summed E-state index contributed by atoms with van der Waals surface area (Å²) in [5.74, 6) is 0. The van der Waals surface area contributed by atoms with Gasteiger partial charge in [0.2, 0.25) is 0 Å². The lowest BCUT2D eigenvalue weighted by molar-refractivity contribution is 0.171. The predicted molar refractivity (Wildman–Crippen MR) is 60.0 cm³/mol. The summed E-state index contributed by atoms with van der Waals surface area (Å²) in [7, 11) is 1.37. The van der Waals surface area contributed by atoms with E-state index >= 15 is 0 Å². The van der Waals surface area contributed by atoms with Gasteiger partial charge in [-0.2, -0.15) is 0 Å². The lowest BCUT2D eigenvalue weighted by atomic mass is 10.3. The third-order valence-corrected chi connectivity index (χ3v) is 1.61. The third kappa shape index (κ3) is 11.5. The molecule has 1 amide bonds. The number of ether oxygens (including phenoxy) is 1. The maximum absolute atomic E-state index is 10.6. The van der Waals surface area contributed by atoms with Crippen molar-refractivity contribution in [3.63, 3.8) is 0 Å². The summed E-state index contributed by atoms with van der Waals surface area (Å²) in [5, 5.41) is 5.94. The zero-order valence-electron chi connectivity index (χ0n) is 9.13. The molecule has 0 aromatic carbocycles. The highest BCUT2D eigenvalue weighted by molar-refractivity contribution is 5.85. The van der Waals surface area contributed by atoms with E-state index in [9.17, 15) is 4.79 Å². The van der Waals surface area contributed by atoms with Gasteiger partial charge in [-0.1, -0.05) is 13.8 Å². The van der Waals surface area contributed by atoms with E-state index in [4.69, 9.17) is 0 Å². The maximum atomic E-state index is 10.6. The number of unbranched alkanes of at least 4 members (excludes halogenated alkanes) is 1. The van der Waals surface area contributed by atoms with E-state index in [0.717, 1.165) is 19.4 Å². The zero-order chi connectivity index (χ0) is 10.1. The summed E-state index contributed by atoms with van der Waals surface area (Å²) < 4.78 is 4.43. The van der Waals surface area contributed by atoms with Crippen molar-refractivity contribution in [2.45, 2.75) is 32.7 Å². The largest absolute Gasteiger partial charge is 0.453 e. The first-order chi connectivity index (χ1) is 6.16. The Morgan fingerprint density at radius 3 is 2.36 bits per heavy atom. The van der Waals surface area contributed by atoms with Crippen LogP contribution >= 0.6 is 12.4 Å². The fourth-order valence-corrected chi connectivity index (χ4v) is 0.903. The van der Waals surface area contributed by atoms with E-state index in [1.807, 2.05) is 0 Å². The summed E-state index contributed by atoms with van der Waals surface area (Å²) in [6.45, 7) is 5.92. The number of amides is 1. The third-order valence-electron chi connectivity index (χ3n) is 1.61. The SMILES string of the molecule is COC(=O)NCCCCNC(C)C.Cl. The minimum absolute atomic E-state index is 0. The molecule has 4 nitrogen and oxygen atoms in total. The first-order valence-corrected chi connectivity index (χ1v) is 4.72. The minimum atomic E-state index is -0.350. The fourth-order valence-electron chi connectivity index (χ4n) is 0.903. The molecule has 0 heterocycles. The molecule has 0 saturated carbocycles. The average Bonchev–Trinajstić information content (AvgIpc) is 2.10. The lowest BCUT2D eigenvalue weighted by Gasteiger charge is -2.07. The second-order valence-electron chi connectivity index (χ2n) is 3.23. The van der Waals surface area contributed by atoms with Gasteiger partial charge < -0.3 is 15.4 Å². The highest BCUT2D eigenvalue weighted by Gasteiger charge is 1.96. The Balaban J connectivity index is 0. The van der Waals surface area contributed by atoms with Crippen LogP contribution in [-0.4, -0.2) is 32.3 Å². The molecule has 5 heteroatoms. The van der Waals surface area contributed by atoms with Crippen LogP contribution in [0.2, 0.25) is 0 Å². The molecule has 86 valence electrons. The van der Waals surface area contributed by atoms with Crippen molar-refractivity contribution in [3.8, 4) is 0 Å². The summed E-state index contributed by atoms with van der Waals surface area (Å²) in [5.41, 5.74) is 0. The normalized spacial score (nSPS) is 9.43. The number of hydrogen-bond acceptors (Lipinski definition) is 3. The molecule has 0 aliphatic carbocycles. The van der Waals surface area contributed by atoms with Crippen molar-refractivity contribution in [2.75, 3.05) is 20.2 Å². The number of rotatable bonds is 6. The number of methoxy groups -OCH3 is 1. The molecular formula is C9H21ClN2O2. The number of alkyl carbamates (subject to hydrolysis) is 1. The molecule has 0 unspecified atom stereocenters. The first-order valence-electron chi connectivity index (χ1n) is 4.72. The summed E-state index contributed by atoms with van der Waals surface area (Å²) in [4.78, 5) is 10.6. The van der Waals surface area contributed by atoms with Crippen LogP contribution in [0.3, 0.4) is 0 Å². The maximum Gasteiger partial charge on any atom is 0.406 e. The van der Waals surface area contributed by atoms with Gasteiger partial charge in [0.25, 0.3) is 0 Å². The van der Waals surface area contributed by atoms with E-state index in [1.165, 1.54) is 7.11 Å². The Morgan fingerprint density at radius 1 is 1.29 bits per heavy atom. The summed E-state index contributed by atoms with van der Waals surface area (Å²) in [6.07, 6.45) is 1.70. The van der Waals surface area contributed by atoms with Gasteiger partial charge in [0, 0.05) is 12.6 Å². The molecule has 0 aliphatic heterocycles. The molecule has 14 heavy (non-hydrogen) atoms. The minimum Gasteiger partial charge on any atom is -0.453 e. The van der Waals surface area contributed by atoms with Crippen LogP contribution in [0.15, 0.2) is 0 Å². The summed E-state index contributed by atoms with van der Waals surface area (Å²) >= 11 is 0. The second kappa shape index (κ2) is 10.6. The molecule has 0 aliphatic rings. The van der Waals surface area contributed by atoms with Gasteiger partial charge in [0.1, 0.15) is 0 Å². The van der Waals surface area contributed by atoms with Gasteiger partial charge in [-0.15, -0.1) is 12.4 Å². The molecule has 0 saturated heterocycles. The smallest absolute Gasteiger partial charge is 0.406 e. The molecule has 0 fully saturated rings. The van der Waals surface area contributed by atoms with Crippen molar-refractivity contribution < 1.29 is 9.53 Å². The Morgan fingerprint density at radius 2 is 1.86 bits per heavy atom. The molecule has 0 bridgehead atoms. The van der Waals surface area contributed by atoms with Crippen LogP contribution in [0, 0.1) is 0 Å². The van der Waals surface area contributed by atoms with Gasteiger partial charge in [-0.3, -0.25) is 0 Å². The van der Waals surface area contributed by atoms with Crippen molar-refractivity contribution in [2.24, 2.45) is 0 Å². The highest BCUT2D eigenvalue weighted by atomic mass is 35.5. The van der Waals surface area contributed by atoms with Crippen LogP contribution in [0.25, 0.3) is 0 Å². The number of halogens is 1. The molecule has 0 rings (SSSR count). The quantitative estimate of drug-likeness (QED) is 0.673. The Labute approximate surface area is 92.2 Å². The molecule has 0 atom stereocenters. The van der Waals surface area contributed by atoms with Gasteiger partial charge in [-0.25, -0.2) is 4.79 Å². The number of carbonyl (C=O) groups is 1. The van der Waals surface area contributed by atoms with E-state index in [2.05, 4.69) is 29.2 Å². The number of carbonyl (C=O) groups excluding carboxylic acids is 1. The average molecular weight is 225 g/mol. The van der Waals surface area contributed by atoms with E-state index in [0.29, 0.717) is 12.6 Å². The van der Waals surface area contributed by atoms with E-state index in [-0.39, 0.29) is 18.5 Å². The van der Waals surface area contributed by atoms with Crippen molar-refractivity contribution in [1.82, 2.24) is 10.6 Å². The first kappa shape index (κ1) is 16.0. The molecule has 0 aromatic rings. The van der Waals surface area contributed by atoms with E-state index < -0.39 is 0 Å². The van der Waals surface area contributed by atoms with Gasteiger partial charge in [0.15, 0.2) is 0 Å². The molecular weight excluding hydrogens is 204 g/mol. The Kier molecular flexibility index (Phi) is 12.1. The van der Waals surface area contributed by atoms with Crippen LogP contribution < -0.4 is 10.6 Å². The Bertz CT molecular complexity index is 143. The van der Waals surface area contributed by atoms with Crippen molar-refractivity contribution in [1.29, 1.82) is 0 Å². The van der Waals surface area contributed by atoms with Crippen LogP contribution in [0.1, 0.15) is 26.7 Å². The van der Waals surface area contributed by atoms with Crippen molar-refractivity contribution in [3.05, 3.63) is 0 Å². The van der Waals surface area contributed by atoms with Gasteiger partial charge >= 0.3 is 6.09 Å². The van der Waals surface area contributed by atoms with Gasteiger partial charge in [-0.05, 0) is 19.4 Å². The predicted octanol–water partition coefficient (Wildman–Crippen LogP) is 1.54. The molecule has 2 N–H and O–H groups in total. The topological polar surface area (TPSA) is 50.4 Å². The highest BCUT2D eigenvalue weighted by Crippen LogP contribution is 1.86. The molecule has 0 radical (unpaired) electrons. The number of nitrogens with one attached hydrogen (secondary N) is 2. The lowest BCUT2D eigenvalue weighted by Crippen LogP contribution is -2.26. The molecule has 0 spiro atoms. The van der Waals surface area contributed by atoms with Gasteiger partial charge in [0.05, 0.1) is 7.11 Å². The zero-order valence-corrected chi connectivity index (χ0v) is 9.95. The fraction of sp³-hybridized carbons (Fsp3) is 0.889.